The van der Waals surface area contributed by atoms with Gasteiger partial charge in [-0.15, -0.1) is 0 Å². The van der Waals surface area contributed by atoms with Crippen LogP contribution in [0, 0.1) is 0 Å². The molecule has 0 aliphatic carbocycles. The SMILES string of the molecule is CS(=O)(=O)Nc1cccc(C(O)CNCCOc2ccc3c(c2)[nH]c2cc(Cl)ccc23)c1. The molecule has 168 valence electrons. The number of anilines is 1. The predicted octanol–water partition coefficient (Wildman–Crippen LogP) is 4.05. The molecule has 1 heterocycles. The van der Waals surface area contributed by atoms with E-state index in [4.69, 9.17) is 16.3 Å². The van der Waals surface area contributed by atoms with Gasteiger partial charge >= 0.3 is 0 Å². The first-order chi connectivity index (χ1) is 15.3. The smallest absolute Gasteiger partial charge is 0.229 e. The molecule has 0 spiro atoms. The Hall–Kier alpha value is -2.78. The Morgan fingerprint density at radius 2 is 1.81 bits per heavy atom. The van der Waals surface area contributed by atoms with Crippen molar-refractivity contribution in [2.24, 2.45) is 0 Å². The van der Waals surface area contributed by atoms with Crippen LogP contribution in [0.2, 0.25) is 5.02 Å². The number of benzene rings is 3. The number of nitrogens with one attached hydrogen (secondary N) is 3. The first-order valence-corrected chi connectivity index (χ1v) is 12.4. The van der Waals surface area contributed by atoms with Gasteiger partial charge in [-0.1, -0.05) is 29.8 Å². The minimum Gasteiger partial charge on any atom is -0.492 e. The van der Waals surface area contributed by atoms with Crippen LogP contribution >= 0.6 is 11.6 Å². The normalized spacial score (nSPS) is 12.8. The fourth-order valence-corrected chi connectivity index (χ4v) is 4.30. The van der Waals surface area contributed by atoms with Crippen molar-refractivity contribution < 1.29 is 18.3 Å². The number of halogens is 1. The van der Waals surface area contributed by atoms with Gasteiger partial charge in [0.1, 0.15) is 12.4 Å². The third kappa shape index (κ3) is 5.52. The van der Waals surface area contributed by atoms with E-state index < -0.39 is 16.1 Å². The highest BCUT2D eigenvalue weighted by Gasteiger charge is 2.10. The number of ether oxygens (including phenoxy) is 1. The first-order valence-electron chi connectivity index (χ1n) is 10.1. The number of sulfonamides is 1. The van der Waals surface area contributed by atoms with Gasteiger partial charge in [0.25, 0.3) is 0 Å². The Morgan fingerprint density at radius 1 is 1.06 bits per heavy atom. The number of hydrogen-bond donors (Lipinski definition) is 4. The number of fused-ring (bicyclic) bond motifs is 3. The minimum atomic E-state index is -3.37. The topological polar surface area (TPSA) is 103 Å². The van der Waals surface area contributed by atoms with Crippen molar-refractivity contribution in [1.29, 1.82) is 0 Å². The highest BCUT2D eigenvalue weighted by Crippen LogP contribution is 2.30. The third-order valence-corrected chi connectivity index (χ3v) is 5.83. The van der Waals surface area contributed by atoms with Gasteiger partial charge in [0, 0.05) is 46.2 Å². The Balaban J connectivity index is 1.28. The molecule has 0 saturated heterocycles. The van der Waals surface area contributed by atoms with Crippen LogP contribution in [-0.4, -0.2) is 44.5 Å². The second-order valence-electron chi connectivity index (χ2n) is 7.59. The number of aromatic amines is 1. The van der Waals surface area contributed by atoms with E-state index in [1.54, 1.807) is 24.3 Å². The van der Waals surface area contributed by atoms with Crippen LogP contribution < -0.4 is 14.8 Å². The van der Waals surface area contributed by atoms with Gasteiger partial charge < -0.3 is 20.1 Å². The average molecular weight is 474 g/mol. The molecule has 1 aromatic heterocycles. The summed E-state index contributed by atoms with van der Waals surface area (Å²) in [6, 6.07) is 18.4. The van der Waals surface area contributed by atoms with E-state index >= 15 is 0 Å². The molecule has 0 radical (unpaired) electrons. The van der Waals surface area contributed by atoms with Gasteiger partial charge in [0.15, 0.2) is 0 Å². The molecule has 4 rings (SSSR count). The van der Waals surface area contributed by atoms with E-state index in [2.05, 4.69) is 15.0 Å². The summed E-state index contributed by atoms with van der Waals surface area (Å²) in [7, 11) is -3.37. The van der Waals surface area contributed by atoms with E-state index in [1.165, 1.54) is 0 Å². The fourth-order valence-electron chi connectivity index (χ4n) is 3.57. The van der Waals surface area contributed by atoms with E-state index in [0.29, 0.717) is 36.0 Å². The minimum absolute atomic E-state index is 0.313. The molecule has 9 heteroatoms. The van der Waals surface area contributed by atoms with Gasteiger partial charge in [0.05, 0.1) is 17.9 Å². The van der Waals surface area contributed by atoms with E-state index in [9.17, 15) is 13.5 Å². The fraction of sp³-hybridized carbons (Fsp3) is 0.217. The van der Waals surface area contributed by atoms with Crippen LogP contribution in [0.3, 0.4) is 0 Å². The number of rotatable bonds is 9. The van der Waals surface area contributed by atoms with Crippen molar-refractivity contribution >= 4 is 49.1 Å². The summed E-state index contributed by atoms with van der Waals surface area (Å²) in [6.07, 6.45) is 0.314. The molecule has 0 aliphatic rings. The van der Waals surface area contributed by atoms with Gasteiger partial charge in [-0.05, 0) is 42.0 Å². The number of aliphatic hydroxyl groups is 1. The molecule has 3 aromatic carbocycles. The number of hydrogen-bond acceptors (Lipinski definition) is 5. The molecule has 0 saturated carbocycles. The molecular weight excluding hydrogens is 450 g/mol. The lowest BCUT2D eigenvalue weighted by Crippen LogP contribution is -2.26. The molecule has 1 atom stereocenters. The van der Waals surface area contributed by atoms with Gasteiger partial charge in [0.2, 0.25) is 10.0 Å². The van der Waals surface area contributed by atoms with Gasteiger partial charge in [-0.2, -0.15) is 0 Å². The Kier molecular flexibility index (Phi) is 6.57. The van der Waals surface area contributed by atoms with Crippen LogP contribution in [0.5, 0.6) is 5.75 Å². The molecule has 0 bridgehead atoms. The van der Waals surface area contributed by atoms with Crippen molar-refractivity contribution in [3.63, 3.8) is 0 Å². The van der Waals surface area contributed by atoms with E-state index in [-0.39, 0.29) is 0 Å². The lowest BCUT2D eigenvalue weighted by molar-refractivity contribution is 0.172. The van der Waals surface area contributed by atoms with Crippen molar-refractivity contribution in [1.82, 2.24) is 10.3 Å². The molecule has 1 unspecified atom stereocenters. The van der Waals surface area contributed by atoms with Crippen LogP contribution in [0.25, 0.3) is 21.8 Å². The monoisotopic (exact) mass is 473 g/mol. The third-order valence-electron chi connectivity index (χ3n) is 4.99. The second kappa shape index (κ2) is 9.38. The maximum atomic E-state index is 11.4. The van der Waals surface area contributed by atoms with Gasteiger partial charge in [-0.3, -0.25) is 4.72 Å². The van der Waals surface area contributed by atoms with Crippen LogP contribution in [-0.2, 0) is 10.0 Å². The number of aromatic nitrogens is 1. The standard InChI is InChI=1S/C23H24ClN3O4S/c1-32(29,30)27-17-4-2-3-15(11-17)23(28)14-25-9-10-31-18-6-8-20-19-7-5-16(24)12-21(19)26-22(20)13-18/h2-8,11-13,23,25-28H,9-10,14H2,1H3. The summed E-state index contributed by atoms with van der Waals surface area (Å²) in [5.41, 5.74) is 3.00. The summed E-state index contributed by atoms with van der Waals surface area (Å²) in [5.74, 6) is 0.747. The summed E-state index contributed by atoms with van der Waals surface area (Å²) in [4.78, 5) is 3.36. The first kappa shape index (κ1) is 22.4. The van der Waals surface area contributed by atoms with Crippen molar-refractivity contribution in [2.45, 2.75) is 6.10 Å². The summed E-state index contributed by atoms with van der Waals surface area (Å²) < 4.78 is 31.0. The highest BCUT2D eigenvalue weighted by molar-refractivity contribution is 7.92. The lowest BCUT2D eigenvalue weighted by atomic mass is 10.1. The van der Waals surface area contributed by atoms with E-state index in [1.807, 2.05) is 36.4 Å². The number of aliphatic hydroxyl groups excluding tert-OH is 1. The zero-order valence-corrected chi connectivity index (χ0v) is 19.0. The summed E-state index contributed by atoms with van der Waals surface area (Å²) in [6.45, 7) is 1.28. The maximum Gasteiger partial charge on any atom is 0.229 e. The average Bonchev–Trinajstić information content (AvgIpc) is 3.08. The molecule has 0 aliphatic heterocycles. The van der Waals surface area contributed by atoms with Crippen molar-refractivity contribution in [2.75, 3.05) is 30.7 Å². The van der Waals surface area contributed by atoms with Crippen LogP contribution in [0.15, 0.2) is 60.7 Å². The largest absolute Gasteiger partial charge is 0.492 e. The zero-order valence-electron chi connectivity index (χ0n) is 17.4. The molecule has 4 aromatic rings. The number of H-pyrrole nitrogens is 1. The predicted molar refractivity (Wildman–Crippen MR) is 129 cm³/mol. The molecule has 32 heavy (non-hydrogen) atoms. The maximum absolute atomic E-state index is 11.4. The zero-order chi connectivity index (χ0) is 22.7. The van der Waals surface area contributed by atoms with Crippen molar-refractivity contribution in [3.8, 4) is 5.75 Å². The Labute approximate surface area is 191 Å². The lowest BCUT2D eigenvalue weighted by Gasteiger charge is -2.14. The quantitative estimate of drug-likeness (QED) is 0.275. The van der Waals surface area contributed by atoms with Crippen molar-refractivity contribution in [3.05, 3.63) is 71.2 Å². The second-order valence-corrected chi connectivity index (χ2v) is 9.78. The molecule has 0 amide bonds. The molecular formula is C23H24ClN3O4S. The molecule has 0 fully saturated rings. The summed E-state index contributed by atoms with van der Waals surface area (Å²) in [5, 5.41) is 16.4. The van der Waals surface area contributed by atoms with Gasteiger partial charge in [-0.25, -0.2) is 8.42 Å². The Bertz CT molecular complexity index is 1350. The molecule has 4 N–H and O–H groups in total. The molecule has 7 nitrogen and oxygen atoms in total. The van der Waals surface area contributed by atoms with E-state index in [0.717, 1.165) is 33.8 Å². The Morgan fingerprint density at radius 3 is 2.59 bits per heavy atom. The van der Waals surface area contributed by atoms with Crippen LogP contribution in [0.4, 0.5) is 5.69 Å². The summed E-state index contributed by atoms with van der Waals surface area (Å²) >= 11 is 6.07. The highest BCUT2D eigenvalue weighted by atomic mass is 35.5. The van der Waals surface area contributed by atoms with Crippen LogP contribution in [0.1, 0.15) is 11.7 Å².